The zero-order chi connectivity index (χ0) is 23.2. The van der Waals surface area contributed by atoms with Gasteiger partial charge in [-0.3, -0.25) is 4.79 Å². The number of amides is 1. The highest BCUT2D eigenvalue weighted by Gasteiger charge is 2.41. The molecule has 0 spiro atoms. The highest BCUT2D eigenvalue weighted by molar-refractivity contribution is 5.81. The van der Waals surface area contributed by atoms with Gasteiger partial charge in [-0.1, -0.05) is 0 Å². The molecule has 1 aromatic heterocycles. The Morgan fingerprint density at radius 1 is 1.12 bits per heavy atom. The maximum atomic E-state index is 14.9. The number of fused-ring (bicyclic) bond motifs is 1. The first-order valence-corrected chi connectivity index (χ1v) is 10.2. The van der Waals surface area contributed by atoms with Crippen LogP contribution in [0, 0.1) is 24.4 Å². The minimum absolute atomic E-state index is 0.136. The Morgan fingerprint density at radius 2 is 1.81 bits per heavy atom. The molecule has 6 nitrogen and oxygen atoms in total. The van der Waals surface area contributed by atoms with Crippen LogP contribution in [-0.4, -0.2) is 33.4 Å². The van der Waals surface area contributed by atoms with Crippen LogP contribution in [0.4, 0.5) is 24.7 Å². The Hall–Kier alpha value is -3.33. The molecule has 0 atom stereocenters. The molecule has 9 heteroatoms. The van der Waals surface area contributed by atoms with Gasteiger partial charge in [0, 0.05) is 30.4 Å². The molecule has 4 rings (SSSR count). The average Bonchev–Trinajstić information content (AvgIpc) is 3.08. The van der Waals surface area contributed by atoms with E-state index >= 15 is 0 Å². The van der Waals surface area contributed by atoms with Gasteiger partial charge in [-0.2, -0.15) is 0 Å². The first-order valence-electron chi connectivity index (χ1n) is 10.2. The van der Waals surface area contributed by atoms with Crippen LogP contribution in [0.3, 0.4) is 0 Å². The quantitative estimate of drug-likeness (QED) is 0.638. The van der Waals surface area contributed by atoms with E-state index < -0.39 is 17.2 Å². The average molecular weight is 443 g/mol. The number of nitrogens with two attached hydrogens (primary N) is 1. The summed E-state index contributed by atoms with van der Waals surface area (Å²) in [5, 5.41) is 3.22. The van der Waals surface area contributed by atoms with Crippen molar-refractivity contribution >= 4 is 17.4 Å². The summed E-state index contributed by atoms with van der Waals surface area (Å²) in [6.45, 7) is 5.94. The van der Waals surface area contributed by atoms with E-state index in [-0.39, 0.29) is 29.5 Å². The van der Waals surface area contributed by atoms with Crippen molar-refractivity contribution in [1.29, 1.82) is 0 Å². The van der Waals surface area contributed by atoms with Crippen molar-refractivity contribution in [1.82, 2.24) is 14.5 Å². The molecule has 2 heterocycles. The number of anilines is 2. The van der Waals surface area contributed by atoms with Gasteiger partial charge in [0.2, 0.25) is 5.91 Å². The normalized spacial score (nSPS) is 14.9. The fraction of sp³-hybridized carbons (Fsp3) is 0.304. The SMILES string of the molecule is Cc1cc(F)cc(F)c1-c1nc2n(c1Nc1ccc(F)cc1)CCN(C(=O)CN)C2(C)C. The second-order valence-corrected chi connectivity index (χ2v) is 8.30. The first-order chi connectivity index (χ1) is 15.1. The molecular formula is C23H24F3N5O. The predicted molar refractivity (Wildman–Crippen MR) is 116 cm³/mol. The summed E-state index contributed by atoms with van der Waals surface area (Å²) in [7, 11) is 0. The molecular weight excluding hydrogens is 419 g/mol. The molecule has 3 aromatic rings. The van der Waals surface area contributed by atoms with Gasteiger partial charge in [-0.25, -0.2) is 18.2 Å². The lowest BCUT2D eigenvalue weighted by atomic mass is 9.99. The molecule has 0 saturated heterocycles. The molecule has 1 amide bonds. The number of benzene rings is 2. The Kier molecular flexibility index (Phi) is 5.46. The summed E-state index contributed by atoms with van der Waals surface area (Å²) in [4.78, 5) is 18.8. The van der Waals surface area contributed by atoms with E-state index in [0.29, 0.717) is 36.0 Å². The molecule has 1 aliphatic heterocycles. The predicted octanol–water partition coefficient (Wildman–Crippen LogP) is 4.06. The summed E-state index contributed by atoms with van der Waals surface area (Å²) in [5.74, 6) is -1.01. The fourth-order valence-electron chi connectivity index (χ4n) is 4.26. The lowest BCUT2D eigenvalue weighted by molar-refractivity contribution is -0.137. The molecule has 0 bridgehead atoms. The lowest BCUT2D eigenvalue weighted by Crippen LogP contribution is -2.53. The molecule has 3 N–H and O–H groups in total. The summed E-state index contributed by atoms with van der Waals surface area (Å²) in [6, 6.07) is 7.80. The van der Waals surface area contributed by atoms with Crippen LogP contribution < -0.4 is 11.1 Å². The van der Waals surface area contributed by atoms with Crippen LogP contribution in [0.25, 0.3) is 11.3 Å². The van der Waals surface area contributed by atoms with Gasteiger partial charge in [-0.15, -0.1) is 0 Å². The molecule has 0 unspecified atom stereocenters. The zero-order valence-electron chi connectivity index (χ0n) is 18.0. The molecule has 1 aliphatic rings. The van der Waals surface area contributed by atoms with Gasteiger partial charge in [0.05, 0.1) is 12.1 Å². The van der Waals surface area contributed by atoms with Gasteiger partial charge in [0.25, 0.3) is 0 Å². The van der Waals surface area contributed by atoms with Gasteiger partial charge < -0.3 is 20.5 Å². The Labute approximate surface area is 183 Å². The van der Waals surface area contributed by atoms with Gasteiger partial charge >= 0.3 is 0 Å². The van der Waals surface area contributed by atoms with Crippen molar-refractivity contribution in [3.63, 3.8) is 0 Å². The number of imidazole rings is 1. The number of carbonyl (C=O) groups excluding carboxylic acids is 1. The van der Waals surface area contributed by atoms with Crippen molar-refractivity contribution in [3.8, 4) is 11.3 Å². The van der Waals surface area contributed by atoms with Crippen LogP contribution in [-0.2, 0) is 16.9 Å². The molecule has 32 heavy (non-hydrogen) atoms. The first kappa shape index (κ1) is 21.9. The van der Waals surface area contributed by atoms with Gasteiger partial charge in [-0.05, 0) is 56.7 Å². The fourth-order valence-corrected chi connectivity index (χ4v) is 4.26. The van der Waals surface area contributed by atoms with E-state index in [0.717, 1.165) is 6.07 Å². The van der Waals surface area contributed by atoms with Gasteiger partial charge in [0.1, 0.15) is 34.8 Å². The summed E-state index contributed by atoms with van der Waals surface area (Å²) >= 11 is 0. The Morgan fingerprint density at radius 3 is 2.44 bits per heavy atom. The third-order valence-electron chi connectivity index (χ3n) is 5.81. The Balaban J connectivity index is 1.93. The summed E-state index contributed by atoms with van der Waals surface area (Å²) < 4.78 is 44.0. The molecule has 0 aliphatic carbocycles. The van der Waals surface area contributed by atoms with Crippen LogP contribution in [0.5, 0.6) is 0 Å². The van der Waals surface area contributed by atoms with E-state index in [2.05, 4.69) is 5.32 Å². The molecule has 0 fully saturated rings. The largest absolute Gasteiger partial charge is 0.340 e. The number of hydrogen-bond donors (Lipinski definition) is 2. The maximum absolute atomic E-state index is 14.9. The maximum Gasteiger partial charge on any atom is 0.237 e. The number of aromatic nitrogens is 2. The lowest BCUT2D eigenvalue weighted by Gasteiger charge is -2.42. The second kappa shape index (κ2) is 7.98. The van der Waals surface area contributed by atoms with Crippen LogP contribution >= 0.6 is 0 Å². The van der Waals surface area contributed by atoms with Crippen molar-refractivity contribution in [2.45, 2.75) is 32.9 Å². The summed E-state index contributed by atoms with van der Waals surface area (Å²) in [5.41, 5.74) is 6.17. The number of nitrogens with zero attached hydrogens (tertiary/aromatic N) is 3. The number of nitrogens with one attached hydrogen (secondary N) is 1. The topological polar surface area (TPSA) is 76.2 Å². The number of aryl methyl sites for hydroxylation is 1. The minimum Gasteiger partial charge on any atom is -0.340 e. The third kappa shape index (κ3) is 3.62. The van der Waals surface area contributed by atoms with Crippen molar-refractivity contribution in [3.05, 3.63) is 65.2 Å². The second-order valence-electron chi connectivity index (χ2n) is 8.30. The number of halogens is 3. The number of carbonyl (C=O) groups is 1. The smallest absolute Gasteiger partial charge is 0.237 e. The minimum atomic E-state index is -0.823. The number of hydrogen-bond acceptors (Lipinski definition) is 4. The van der Waals surface area contributed by atoms with Crippen molar-refractivity contribution < 1.29 is 18.0 Å². The molecule has 0 radical (unpaired) electrons. The van der Waals surface area contributed by atoms with Crippen molar-refractivity contribution in [2.24, 2.45) is 5.73 Å². The standard InChI is InChI=1S/C23H24F3N5O/c1-13-10-15(25)11-17(26)19(13)20-21(28-16-6-4-14(24)5-7-16)30-8-9-31(18(32)12-27)23(2,3)22(30)29-20/h4-7,10-11,28H,8-9,12,27H2,1-3H3. The van der Waals surface area contributed by atoms with E-state index in [1.54, 1.807) is 24.0 Å². The monoisotopic (exact) mass is 443 g/mol. The van der Waals surface area contributed by atoms with E-state index in [1.807, 2.05) is 18.4 Å². The van der Waals surface area contributed by atoms with E-state index in [9.17, 15) is 18.0 Å². The van der Waals surface area contributed by atoms with Crippen LogP contribution in [0.1, 0.15) is 25.2 Å². The van der Waals surface area contributed by atoms with Crippen LogP contribution in [0.15, 0.2) is 36.4 Å². The van der Waals surface area contributed by atoms with Crippen LogP contribution in [0.2, 0.25) is 0 Å². The highest BCUT2D eigenvalue weighted by Crippen LogP contribution is 2.41. The number of rotatable bonds is 4. The van der Waals surface area contributed by atoms with Crippen molar-refractivity contribution in [2.75, 3.05) is 18.4 Å². The molecule has 0 saturated carbocycles. The van der Waals surface area contributed by atoms with Gasteiger partial charge in [0.15, 0.2) is 0 Å². The zero-order valence-corrected chi connectivity index (χ0v) is 18.0. The summed E-state index contributed by atoms with van der Waals surface area (Å²) in [6.07, 6.45) is 0. The highest BCUT2D eigenvalue weighted by atomic mass is 19.1. The third-order valence-corrected chi connectivity index (χ3v) is 5.81. The molecule has 2 aromatic carbocycles. The molecule has 168 valence electrons. The Bertz CT molecular complexity index is 1160. The van der Waals surface area contributed by atoms with E-state index in [1.165, 1.54) is 18.2 Å². The van der Waals surface area contributed by atoms with E-state index in [4.69, 9.17) is 10.7 Å².